The van der Waals surface area contributed by atoms with Crippen LogP contribution in [0.4, 0.5) is 0 Å². The highest BCUT2D eigenvalue weighted by atomic mass is 15.0. The minimum atomic E-state index is 0.462. The highest BCUT2D eigenvalue weighted by Gasteiger charge is 2.16. The summed E-state index contributed by atoms with van der Waals surface area (Å²) in [6.45, 7) is 6.76. The molecule has 0 unspecified atom stereocenters. The molecule has 0 amide bonds. The zero-order valence-corrected chi connectivity index (χ0v) is 10.3. The number of benzene rings is 1. The fourth-order valence-electron chi connectivity index (χ4n) is 2.50. The standard InChI is InChI=1S/C14H22N2/c1-11-5-3-4-6-14(11)12(2)16-13-7-9-15-10-8-13/h3-6,12-13,15-16H,7-10H2,1-2H3/t12-/m1/s1. The molecule has 0 aliphatic carbocycles. The third-order valence-corrected chi connectivity index (χ3v) is 3.48. The lowest BCUT2D eigenvalue weighted by Gasteiger charge is -2.28. The Balaban J connectivity index is 1.96. The quantitative estimate of drug-likeness (QED) is 0.814. The van der Waals surface area contributed by atoms with E-state index in [4.69, 9.17) is 0 Å². The van der Waals surface area contributed by atoms with Gasteiger partial charge in [0.15, 0.2) is 0 Å². The van der Waals surface area contributed by atoms with Crippen molar-refractivity contribution in [1.29, 1.82) is 0 Å². The fraction of sp³-hybridized carbons (Fsp3) is 0.571. The first kappa shape index (κ1) is 11.6. The molecular weight excluding hydrogens is 196 g/mol. The molecule has 1 atom stereocenters. The highest BCUT2D eigenvalue weighted by Crippen LogP contribution is 2.18. The summed E-state index contributed by atoms with van der Waals surface area (Å²) in [6, 6.07) is 9.79. The summed E-state index contributed by atoms with van der Waals surface area (Å²) in [5.41, 5.74) is 2.82. The van der Waals surface area contributed by atoms with Crippen LogP contribution in [0, 0.1) is 6.92 Å². The number of nitrogens with one attached hydrogen (secondary N) is 2. The topological polar surface area (TPSA) is 24.1 Å². The van der Waals surface area contributed by atoms with Gasteiger partial charge in [-0.3, -0.25) is 0 Å². The molecular formula is C14H22N2. The van der Waals surface area contributed by atoms with Crippen molar-refractivity contribution in [2.24, 2.45) is 0 Å². The molecule has 1 heterocycles. The van der Waals surface area contributed by atoms with Crippen molar-refractivity contribution in [3.8, 4) is 0 Å². The lowest BCUT2D eigenvalue weighted by molar-refractivity contribution is 0.359. The van der Waals surface area contributed by atoms with Crippen LogP contribution in [0.15, 0.2) is 24.3 Å². The third kappa shape index (κ3) is 2.83. The fourth-order valence-corrected chi connectivity index (χ4v) is 2.50. The van der Waals surface area contributed by atoms with Gasteiger partial charge in [0, 0.05) is 12.1 Å². The van der Waals surface area contributed by atoms with Crippen LogP contribution < -0.4 is 10.6 Å². The van der Waals surface area contributed by atoms with Gasteiger partial charge in [-0.15, -0.1) is 0 Å². The minimum absolute atomic E-state index is 0.462. The SMILES string of the molecule is Cc1ccccc1[C@@H](C)NC1CCNCC1. The van der Waals surface area contributed by atoms with E-state index in [2.05, 4.69) is 48.7 Å². The number of hydrogen-bond donors (Lipinski definition) is 2. The van der Waals surface area contributed by atoms with Crippen LogP contribution in [0.1, 0.15) is 36.9 Å². The van der Waals surface area contributed by atoms with Gasteiger partial charge in [-0.1, -0.05) is 24.3 Å². The van der Waals surface area contributed by atoms with Crippen LogP contribution in [0.3, 0.4) is 0 Å². The molecule has 1 aliphatic rings. The number of aryl methyl sites for hydroxylation is 1. The highest BCUT2D eigenvalue weighted by molar-refractivity contribution is 5.28. The lowest BCUT2D eigenvalue weighted by Crippen LogP contribution is -2.41. The Labute approximate surface area is 98.4 Å². The first-order chi connectivity index (χ1) is 7.77. The van der Waals surface area contributed by atoms with Crippen LogP contribution >= 0.6 is 0 Å². The molecule has 0 aromatic heterocycles. The van der Waals surface area contributed by atoms with Gasteiger partial charge in [0.1, 0.15) is 0 Å². The molecule has 0 saturated carbocycles. The van der Waals surface area contributed by atoms with E-state index in [0.717, 1.165) is 13.1 Å². The molecule has 1 aromatic carbocycles. The summed E-state index contributed by atoms with van der Waals surface area (Å²) in [4.78, 5) is 0. The molecule has 16 heavy (non-hydrogen) atoms. The largest absolute Gasteiger partial charge is 0.317 e. The van der Waals surface area contributed by atoms with E-state index in [1.807, 2.05) is 0 Å². The Morgan fingerprint density at radius 3 is 2.62 bits per heavy atom. The maximum absolute atomic E-state index is 3.74. The Hall–Kier alpha value is -0.860. The Morgan fingerprint density at radius 2 is 1.94 bits per heavy atom. The van der Waals surface area contributed by atoms with Crippen LogP contribution in [0.2, 0.25) is 0 Å². The molecule has 0 spiro atoms. The summed E-state index contributed by atoms with van der Waals surface area (Å²) in [7, 11) is 0. The molecule has 2 N–H and O–H groups in total. The average molecular weight is 218 g/mol. The van der Waals surface area contributed by atoms with Gasteiger partial charge in [0.25, 0.3) is 0 Å². The number of piperidine rings is 1. The second-order valence-corrected chi connectivity index (χ2v) is 4.77. The van der Waals surface area contributed by atoms with Gasteiger partial charge in [-0.25, -0.2) is 0 Å². The normalized spacial score (nSPS) is 19.6. The van der Waals surface area contributed by atoms with E-state index < -0.39 is 0 Å². The predicted molar refractivity (Wildman–Crippen MR) is 68.6 cm³/mol. The second-order valence-electron chi connectivity index (χ2n) is 4.77. The molecule has 2 rings (SSSR count). The van der Waals surface area contributed by atoms with Crippen LogP contribution in [-0.2, 0) is 0 Å². The van der Waals surface area contributed by atoms with Crippen molar-refractivity contribution in [2.75, 3.05) is 13.1 Å². The first-order valence-electron chi connectivity index (χ1n) is 6.29. The molecule has 2 heteroatoms. The zero-order chi connectivity index (χ0) is 11.4. The maximum atomic E-state index is 3.74. The van der Waals surface area contributed by atoms with E-state index >= 15 is 0 Å². The van der Waals surface area contributed by atoms with Crippen LogP contribution in [-0.4, -0.2) is 19.1 Å². The smallest absolute Gasteiger partial charge is 0.0296 e. The summed E-state index contributed by atoms with van der Waals surface area (Å²) < 4.78 is 0. The molecule has 88 valence electrons. The lowest BCUT2D eigenvalue weighted by atomic mass is 9.99. The first-order valence-corrected chi connectivity index (χ1v) is 6.29. The Bertz CT molecular complexity index is 329. The van der Waals surface area contributed by atoms with E-state index in [0.29, 0.717) is 12.1 Å². The molecule has 1 aliphatic heterocycles. The minimum Gasteiger partial charge on any atom is -0.317 e. The van der Waals surface area contributed by atoms with Crippen molar-refractivity contribution in [3.63, 3.8) is 0 Å². The van der Waals surface area contributed by atoms with Crippen molar-refractivity contribution in [1.82, 2.24) is 10.6 Å². The zero-order valence-electron chi connectivity index (χ0n) is 10.3. The van der Waals surface area contributed by atoms with Gasteiger partial charge >= 0.3 is 0 Å². The van der Waals surface area contributed by atoms with Gasteiger partial charge in [0.2, 0.25) is 0 Å². The number of rotatable bonds is 3. The van der Waals surface area contributed by atoms with Gasteiger partial charge < -0.3 is 10.6 Å². The molecule has 0 radical (unpaired) electrons. The summed E-state index contributed by atoms with van der Waals surface area (Å²) in [5, 5.41) is 7.14. The molecule has 1 aromatic rings. The summed E-state index contributed by atoms with van der Waals surface area (Å²) >= 11 is 0. The van der Waals surface area contributed by atoms with Gasteiger partial charge in [-0.05, 0) is 50.9 Å². The predicted octanol–water partition coefficient (Wildman–Crippen LogP) is 2.40. The molecule has 1 fully saturated rings. The van der Waals surface area contributed by atoms with Crippen molar-refractivity contribution in [2.45, 2.75) is 38.8 Å². The van der Waals surface area contributed by atoms with Crippen molar-refractivity contribution in [3.05, 3.63) is 35.4 Å². The van der Waals surface area contributed by atoms with Crippen molar-refractivity contribution < 1.29 is 0 Å². The van der Waals surface area contributed by atoms with E-state index in [-0.39, 0.29) is 0 Å². The van der Waals surface area contributed by atoms with E-state index in [1.54, 1.807) is 0 Å². The average Bonchev–Trinajstić information content (AvgIpc) is 2.31. The molecule has 2 nitrogen and oxygen atoms in total. The second kappa shape index (κ2) is 5.46. The van der Waals surface area contributed by atoms with Crippen LogP contribution in [0.25, 0.3) is 0 Å². The summed E-state index contributed by atoms with van der Waals surface area (Å²) in [5.74, 6) is 0. The van der Waals surface area contributed by atoms with Gasteiger partial charge in [0.05, 0.1) is 0 Å². The third-order valence-electron chi connectivity index (χ3n) is 3.48. The Morgan fingerprint density at radius 1 is 1.25 bits per heavy atom. The number of hydrogen-bond acceptors (Lipinski definition) is 2. The summed E-state index contributed by atoms with van der Waals surface area (Å²) in [6.07, 6.45) is 2.49. The maximum Gasteiger partial charge on any atom is 0.0296 e. The van der Waals surface area contributed by atoms with E-state index in [9.17, 15) is 0 Å². The van der Waals surface area contributed by atoms with Crippen molar-refractivity contribution >= 4 is 0 Å². The molecule has 1 saturated heterocycles. The Kier molecular flexibility index (Phi) is 3.97. The van der Waals surface area contributed by atoms with Gasteiger partial charge in [-0.2, -0.15) is 0 Å². The monoisotopic (exact) mass is 218 g/mol. The molecule has 0 bridgehead atoms. The van der Waals surface area contributed by atoms with Crippen LogP contribution in [0.5, 0.6) is 0 Å². The van der Waals surface area contributed by atoms with E-state index in [1.165, 1.54) is 24.0 Å².